The van der Waals surface area contributed by atoms with E-state index in [-0.39, 0.29) is 11.9 Å². The summed E-state index contributed by atoms with van der Waals surface area (Å²) in [5.41, 5.74) is 0. The first-order valence-corrected chi connectivity index (χ1v) is 6.58. The van der Waals surface area contributed by atoms with Crippen LogP contribution in [-0.4, -0.2) is 50.8 Å². The van der Waals surface area contributed by atoms with Crippen molar-refractivity contribution in [3.8, 4) is 0 Å². The molecule has 90 valence electrons. The van der Waals surface area contributed by atoms with Crippen molar-refractivity contribution in [3.05, 3.63) is 0 Å². The Kier molecular flexibility index (Phi) is 10.1. The van der Waals surface area contributed by atoms with Crippen LogP contribution in [0.2, 0.25) is 0 Å². The molecule has 0 aromatic heterocycles. The molecule has 0 heterocycles. The van der Waals surface area contributed by atoms with E-state index in [0.29, 0.717) is 13.2 Å². The van der Waals surface area contributed by atoms with Crippen LogP contribution in [0.4, 0.5) is 0 Å². The summed E-state index contributed by atoms with van der Waals surface area (Å²) >= 11 is 1.82. The van der Waals surface area contributed by atoms with Gasteiger partial charge in [-0.15, -0.1) is 0 Å². The van der Waals surface area contributed by atoms with E-state index in [1.165, 1.54) is 0 Å². The second-order valence-corrected chi connectivity index (χ2v) is 4.43. The number of carbonyl (C=O) groups is 1. The minimum absolute atomic E-state index is 0.0312. The number of carbonyl (C=O) groups excluding carboxylic acids is 1. The van der Waals surface area contributed by atoms with Gasteiger partial charge in [-0.25, -0.2) is 0 Å². The maximum Gasteiger partial charge on any atom is 0.234 e. The highest BCUT2D eigenvalue weighted by Gasteiger charge is 2.05. The van der Waals surface area contributed by atoms with E-state index < -0.39 is 0 Å². The summed E-state index contributed by atoms with van der Waals surface area (Å²) in [7, 11) is 1.63. The van der Waals surface area contributed by atoms with Gasteiger partial charge in [-0.1, -0.05) is 0 Å². The van der Waals surface area contributed by atoms with Crippen LogP contribution < -0.4 is 10.6 Å². The zero-order chi connectivity index (χ0) is 11.5. The smallest absolute Gasteiger partial charge is 0.234 e. The predicted octanol–water partition coefficient (Wildman–Crippen LogP) is 0.480. The van der Waals surface area contributed by atoms with Crippen molar-refractivity contribution < 1.29 is 9.53 Å². The Balaban J connectivity index is 3.32. The minimum atomic E-state index is 0.0312. The molecular formula is C10H22N2O2S. The van der Waals surface area contributed by atoms with Gasteiger partial charge in [0, 0.05) is 13.2 Å². The maximum atomic E-state index is 11.3. The Morgan fingerprint density at radius 3 is 2.87 bits per heavy atom. The molecule has 0 aliphatic rings. The van der Waals surface area contributed by atoms with Gasteiger partial charge >= 0.3 is 0 Å². The van der Waals surface area contributed by atoms with Gasteiger partial charge in [-0.05, 0) is 31.9 Å². The van der Waals surface area contributed by atoms with Crippen molar-refractivity contribution in [2.75, 3.05) is 38.8 Å². The number of ether oxygens (including phenoxy) is 1. The van der Waals surface area contributed by atoms with E-state index in [1.807, 2.05) is 18.7 Å². The average Bonchev–Trinajstić information content (AvgIpc) is 2.17. The van der Waals surface area contributed by atoms with E-state index >= 15 is 0 Å². The van der Waals surface area contributed by atoms with Gasteiger partial charge in [0.15, 0.2) is 0 Å². The van der Waals surface area contributed by atoms with Gasteiger partial charge in [0.25, 0.3) is 0 Å². The molecule has 0 aliphatic carbocycles. The van der Waals surface area contributed by atoms with Gasteiger partial charge in [-0.3, -0.25) is 4.79 Å². The van der Waals surface area contributed by atoms with Crippen LogP contribution in [0.5, 0.6) is 0 Å². The average molecular weight is 234 g/mol. The molecule has 1 atom stereocenters. The summed E-state index contributed by atoms with van der Waals surface area (Å²) in [6, 6.07) is 0.0792. The monoisotopic (exact) mass is 234 g/mol. The molecule has 5 heteroatoms. The highest BCUT2D eigenvalue weighted by Crippen LogP contribution is 1.92. The first kappa shape index (κ1) is 14.7. The van der Waals surface area contributed by atoms with Crippen molar-refractivity contribution in [2.24, 2.45) is 0 Å². The Morgan fingerprint density at radius 1 is 1.53 bits per heavy atom. The third kappa shape index (κ3) is 10.0. The third-order valence-electron chi connectivity index (χ3n) is 1.81. The standard InChI is InChI=1S/C10H22N2O2S/c1-9(8-14-2)12-10(13)7-11-5-4-6-15-3/h9,11H,4-8H2,1-3H3,(H,12,13). The molecular weight excluding hydrogens is 212 g/mol. The van der Waals surface area contributed by atoms with E-state index in [4.69, 9.17) is 4.74 Å². The minimum Gasteiger partial charge on any atom is -0.383 e. The molecule has 0 aliphatic heterocycles. The molecule has 1 unspecified atom stereocenters. The van der Waals surface area contributed by atoms with Crippen molar-refractivity contribution in [1.82, 2.24) is 10.6 Å². The number of thioether (sulfide) groups is 1. The number of rotatable bonds is 9. The second kappa shape index (κ2) is 10.3. The summed E-state index contributed by atoms with van der Waals surface area (Å²) in [6.45, 7) is 3.77. The number of hydrogen-bond acceptors (Lipinski definition) is 4. The first-order valence-electron chi connectivity index (χ1n) is 5.18. The van der Waals surface area contributed by atoms with Gasteiger partial charge in [0.05, 0.1) is 13.2 Å². The predicted molar refractivity (Wildman–Crippen MR) is 65.3 cm³/mol. The maximum absolute atomic E-state index is 11.3. The van der Waals surface area contributed by atoms with Crippen LogP contribution in [0.25, 0.3) is 0 Å². The van der Waals surface area contributed by atoms with Crippen LogP contribution >= 0.6 is 11.8 Å². The van der Waals surface area contributed by atoms with Crippen LogP contribution in [0.3, 0.4) is 0 Å². The van der Waals surface area contributed by atoms with Crippen LogP contribution in [0, 0.1) is 0 Å². The van der Waals surface area contributed by atoms with Crippen LogP contribution in [0.15, 0.2) is 0 Å². The Morgan fingerprint density at radius 2 is 2.27 bits per heavy atom. The largest absolute Gasteiger partial charge is 0.383 e. The van der Waals surface area contributed by atoms with Crippen LogP contribution in [-0.2, 0) is 9.53 Å². The van der Waals surface area contributed by atoms with Crippen LogP contribution in [0.1, 0.15) is 13.3 Å². The lowest BCUT2D eigenvalue weighted by Gasteiger charge is -2.12. The Hall–Kier alpha value is -0.260. The molecule has 0 saturated heterocycles. The summed E-state index contributed by atoms with van der Waals surface area (Å²) < 4.78 is 4.92. The lowest BCUT2D eigenvalue weighted by Crippen LogP contribution is -2.41. The fourth-order valence-corrected chi connectivity index (χ4v) is 1.59. The van der Waals surface area contributed by atoms with Crippen molar-refractivity contribution in [1.29, 1.82) is 0 Å². The summed E-state index contributed by atoms with van der Waals surface area (Å²) in [4.78, 5) is 11.3. The quantitative estimate of drug-likeness (QED) is 0.570. The molecule has 4 nitrogen and oxygen atoms in total. The van der Waals surface area contributed by atoms with Crippen molar-refractivity contribution in [2.45, 2.75) is 19.4 Å². The summed E-state index contributed by atoms with van der Waals surface area (Å²) in [5, 5.41) is 5.94. The Labute approximate surface area is 96.5 Å². The van der Waals surface area contributed by atoms with E-state index in [2.05, 4.69) is 16.9 Å². The lowest BCUT2D eigenvalue weighted by atomic mass is 10.3. The molecule has 0 bridgehead atoms. The lowest BCUT2D eigenvalue weighted by molar-refractivity contribution is -0.121. The van der Waals surface area contributed by atoms with Crippen molar-refractivity contribution >= 4 is 17.7 Å². The highest BCUT2D eigenvalue weighted by molar-refractivity contribution is 7.98. The topological polar surface area (TPSA) is 50.4 Å². The molecule has 0 rings (SSSR count). The molecule has 2 N–H and O–H groups in total. The molecule has 0 aromatic carbocycles. The van der Waals surface area contributed by atoms with E-state index in [0.717, 1.165) is 18.7 Å². The molecule has 0 aromatic rings. The third-order valence-corrected chi connectivity index (χ3v) is 2.51. The Bertz CT molecular complexity index is 168. The fraction of sp³-hybridized carbons (Fsp3) is 0.900. The molecule has 15 heavy (non-hydrogen) atoms. The fourth-order valence-electron chi connectivity index (χ4n) is 1.16. The molecule has 0 saturated carbocycles. The summed E-state index contributed by atoms with van der Waals surface area (Å²) in [6.07, 6.45) is 3.18. The highest BCUT2D eigenvalue weighted by atomic mass is 32.2. The molecule has 0 spiro atoms. The summed E-state index contributed by atoms with van der Waals surface area (Å²) in [5.74, 6) is 1.16. The van der Waals surface area contributed by atoms with Gasteiger partial charge in [-0.2, -0.15) is 11.8 Å². The van der Waals surface area contributed by atoms with Gasteiger partial charge < -0.3 is 15.4 Å². The molecule has 0 radical (unpaired) electrons. The van der Waals surface area contributed by atoms with E-state index in [9.17, 15) is 4.79 Å². The first-order chi connectivity index (χ1) is 7.20. The zero-order valence-electron chi connectivity index (χ0n) is 9.84. The number of nitrogens with one attached hydrogen (secondary N) is 2. The molecule has 0 fully saturated rings. The number of hydrogen-bond donors (Lipinski definition) is 2. The number of methoxy groups -OCH3 is 1. The molecule has 1 amide bonds. The number of amides is 1. The van der Waals surface area contributed by atoms with Gasteiger partial charge in [0.1, 0.15) is 0 Å². The normalized spacial score (nSPS) is 12.5. The van der Waals surface area contributed by atoms with E-state index in [1.54, 1.807) is 7.11 Å². The van der Waals surface area contributed by atoms with Gasteiger partial charge in [0.2, 0.25) is 5.91 Å². The zero-order valence-corrected chi connectivity index (χ0v) is 10.7. The SMILES string of the molecule is COCC(C)NC(=O)CNCCCSC. The van der Waals surface area contributed by atoms with Crippen molar-refractivity contribution in [3.63, 3.8) is 0 Å². The second-order valence-electron chi connectivity index (χ2n) is 3.45.